The van der Waals surface area contributed by atoms with Gasteiger partial charge >= 0.3 is 12.0 Å². The van der Waals surface area contributed by atoms with Crippen LogP contribution in [0.1, 0.15) is 35.9 Å². The summed E-state index contributed by atoms with van der Waals surface area (Å²) in [6, 6.07) is 17.3. The van der Waals surface area contributed by atoms with Crippen molar-refractivity contribution in [3.8, 4) is 0 Å². The molecule has 0 bridgehead atoms. The Kier molecular flexibility index (Phi) is 7.23. The smallest absolute Gasteiger partial charge is 0.321 e. The zero-order valence-corrected chi connectivity index (χ0v) is 20.5. The summed E-state index contributed by atoms with van der Waals surface area (Å²) in [6.45, 7) is 2.33. The van der Waals surface area contributed by atoms with Crippen LogP contribution in [0.4, 0.5) is 4.79 Å². The number of rotatable bonds is 6. The number of esters is 1. The van der Waals surface area contributed by atoms with Gasteiger partial charge in [-0.15, -0.1) is 0 Å². The molecule has 8 heteroatoms. The lowest BCUT2D eigenvalue weighted by Gasteiger charge is -2.37. The lowest BCUT2D eigenvalue weighted by atomic mass is 9.80. The maximum Gasteiger partial charge on any atom is 0.321 e. The van der Waals surface area contributed by atoms with Crippen molar-refractivity contribution in [1.82, 2.24) is 15.1 Å². The highest BCUT2D eigenvalue weighted by Crippen LogP contribution is 2.51. The minimum Gasteiger partial charge on any atom is -0.469 e. The number of ether oxygens (including phenoxy) is 2. The Morgan fingerprint density at radius 1 is 0.944 bits per heavy atom. The van der Waals surface area contributed by atoms with E-state index in [1.165, 1.54) is 7.11 Å². The molecular formula is C28H33N3O5. The Hall–Kier alpha value is -3.39. The van der Waals surface area contributed by atoms with Gasteiger partial charge in [0.25, 0.3) is 0 Å². The minimum atomic E-state index is -0.865. The first kappa shape index (κ1) is 24.3. The van der Waals surface area contributed by atoms with Crippen molar-refractivity contribution in [2.45, 2.75) is 30.8 Å². The van der Waals surface area contributed by atoms with Gasteiger partial charge in [-0.25, -0.2) is 4.79 Å². The molecule has 36 heavy (non-hydrogen) atoms. The third-order valence-electron chi connectivity index (χ3n) is 7.50. The summed E-state index contributed by atoms with van der Waals surface area (Å²) < 4.78 is 10.8. The molecule has 190 valence electrons. The molecule has 2 heterocycles. The van der Waals surface area contributed by atoms with Gasteiger partial charge in [-0.05, 0) is 29.9 Å². The van der Waals surface area contributed by atoms with Crippen LogP contribution in [-0.4, -0.2) is 73.7 Å². The van der Waals surface area contributed by atoms with Crippen molar-refractivity contribution in [2.24, 2.45) is 11.8 Å². The van der Waals surface area contributed by atoms with Crippen molar-refractivity contribution >= 4 is 17.9 Å². The summed E-state index contributed by atoms with van der Waals surface area (Å²) in [6.07, 6.45) is 2.20. The first-order valence-electron chi connectivity index (χ1n) is 12.7. The van der Waals surface area contributed by atoms with Crippen molar-refractivity contribution in [1.29, 1.82) is 0 Å². The molecule has 2 aromatic carbocycles. The third-order valence-corrected chi connectivity index (χ3v) is 7.50. The van der Waals surface area contributed by atoms with Crippen LogP contribution in [0.25, 0.3) is 0 Å². The first-order valence-corrected chi connectivity index (χ1v) is 12.7. The van der Waals surface area contributed by atoms with E-state index < -0.39 is 29.9 Å². The van der Waals surface area contributed by atoms with Crippen LogP contribution >= 0.6 is 0 Å². The maximum absolute atomic E-state index is 14.1. The number of nitrogens with one attached hydrogen (secondary N) is 1. The minimum absolute atomic E-state index is 0.232. The predicted octanol–water partition coefficient (Wildman–Crippen LogP) is 2.96. The molecule has 4 unspecified atom stereocenters. The van der Waals surface area contributed by atoms with Gasteiger partial charge in [-0.2, -0.15) is 0 Å². The number of likely N-dealkylation sites (tertiary alicyclic amines) is 1. The molecule has 0 spiro atoms. The van der Waals surface area contributed by atoms with E-state index in [9.17, 15) is 14.4 Å². The molecule has 1 saturated carbocycles. The van der Waals surface area contributed by atoms with Crippen LogP contribution in [0.5, 0.6) is 0 Å². The summed E-state index contributed by atoms with van der Waals surface area (Å²) in [5.41, 5.74) is 1.63. The fourth-order valence-electron chi connectivity index (χ4n) is 5.52. The van der Waals surface area contributed by atoms with Gasteiger partial charge < -0.3 is 24.6 Å². The standard InChI is InChI=1S/C28H33N3O5/c1-35-27(33)23-22(20-8-4-2-5-9-20)25(26(32)29-18-19-12-13-19)31(24(23)21-10-6-3-7-11-21)28(34)30-14-16-36-17-15-30/h2-11,19,22-25H,12-18H2,1H3,(H,29,32). The van der Waals surface area contributed by atoms with Gasteiger partial charge in [-0.3, -0.25) is 9.59 Å². The lowest BCUT2D eigenvalue weighted by Crippen LogP contribution is -2.55. The topological polar surface area (TPSA) is 88.2 Å². The zero-order chi connectivity index (χ0) is 25.1. The average molecular weight is 492 g/mol. The fraction of sp³-hybridized carbons (Fsp3) is 0.464. The normalized spacial score (nSPS) is 25.9. The maximum atomic E-state index is 14.1. The van der Waals surface area contributed by atoms with Gasteiger partial charge in [0.1, 0.15) is 6.04 Å². The van der Waals surface area contributed by atoms with Crippen LogP contribution in [0.15, 0.2) is 60.7 Å². The highest BCUT2D eigenvalue weighted by molar-refractivity contribution is 5.92. The molecule has 2 aliphatic heterocycles. The number of nitrogens with zero attached hydrogens (tertiary/aromatic N) is 2. The number of amides is 3. The van der Waals surface area contributed by atoms with Crippen molar-refractivity contribution in [3.63, 3.8) is 0 Å². The van der Waals surface area contributed by atoms with E-state index in [-0.39, 0.29) is 11.9 Å². The Balaban J connectivity index is 1.64. The number of hydrogen-bond acceptors (Lipinski definition) is 5. The molecule has 3 amide bonds. The number of carbonyl (C=O) groups is 3. The fourth-order valence-corrected chi connectivity index (χ4v) is 5.52. The number of morpholine rings is 1. The Labute approximate surface area is 211 Å². The van der Waals surface area contributed by atoms with Crippen LogP contribution in [-0.2, 0) is 19.1 Å². The van der Waals surface area contributed by atoms with Crippen molar-refractivity contribution < 1.29 is 23.9 Å². The van der Waals surface area contributed by atoms with Gasteiger partial charge in [0.05, 0.1) is 32.3 Å². The highest BCUT2D eigenvalue weighted by atomic mass is 16.5. The quantitative estimate of drug-likeness (QED) is 0.628. The number of carbonyl (C=O) groups excluding carboxylic acids is 3. The molecular weight excluding hydrogens is 458 g/mol. The summed E-state index contributed by atoms with van der Waals surface area (Å²) in [4.78, 5) is 44.8. The second-order valence-corrected chi connectivity index (χ2v) is 9.76. The predicted molar refractivity (Wildman–Crippen MR) is 133 cm³/mol. The molecule has 2 aromatic rings. The molecule has 4 atom stereocenters. The zero-order valence-electron chi connectivity index (χ0n) is 20.5. The largest absolute Gasteiger partial charge is 0.469 e. The van der Waals surface area contributed by atoms with Crippen LogP contribution < -0.4 is 5.32 Å². The van der Waals surface area contributed by atoms with E-state index in [2.05, 4.69) is 5.32 Å². The molecule has 0 aromatic heterocycles. The van der Waals surface area contributed by atoms with Gasteiger partial charge in [0.2, 0.25) is 5.91 Å². The Bertz CT molecular complexity index is 1070. The SMILES string of the molecule is COC(=O)C1C(c2ccccc2)C(C(=O)NCC2CC2)N(C(=O)N2CCOCC2)C1c1ccccc1. The first-order chi connectivity index (χ1) is 17.6. The van der Waals surface area contributed by atoms with Gasteiger partial charge in [0.15, 0.2) is 0 Å². The lowest BCUT2D eigenvalue weighted by molar-refractivity contribution is -0.146. The van der Waals surface area contributed by atoms with Crippen molar-refractivity contribution in [2.75, 3.05) is 40.0 Å². The van der Waals surface area contributed by atoms with E-state index in [1.54, 1.807) is 9.80 Å². The number of hydrogen-bond donors (Lipinski definition) is 1. The molecule has 3 fully saturated rings. The Morgan fingerprint density at radius 2 is 1.56 bits per heavy atom. The molecule has 0 radical (unpaired) electrons. The second kappa shape index (κ2) is 10.7. The average Bonchev–Trinajstić information content (AvgIpc) is 3.70. The van der Waals surface area contributed by atoms with Crippen LogP contribution in [0, 0.1) is 11.8 Å². The third kappa shape index (κ3) is 4.82. The highest BCUT2D eigenvalue weighted by Gasteiger charge is 2.58. The molecule has 8 nitrogen and oxygen atoms in total. The monoisotopic (exact) mass is 491 g/mol. The summed E-state index contributed by atoms with van der Waals surface area (Å²) in [5, 5.41) is 3.10. The number of urea groups is 1. The molecule has 5 rings (SSSR count). The summed E-state index contributed by atoms with van der Waals surface area (Å²) in [7, 11) is 1.36. The Morgan fingerprint density at radius 3 is 2.14 bits per heavy atom. The molecule has 2 saturated heterocycles. The summed E-state index contributed by atoms with van der Waals surface area (Å²) >= 11 is 0. The van der Waals surface area contributed by atoms with Gasteiger partial charge in [0, 0.05) is 25.6 Å². The molecule has 1 N–H and O–H groups in total. The molecule has 3 aliphatic rings. The second-order valence-electron chi connectivity index (χ2n) is 9.76. The van der Waals surface area contributed by atoms with Crippen LogP contribution in [0.3, 0.4) is 0 Å². The van der Waals surface area contributed by atoms with Crippen LogP contribution in [0.2, 0.25) is 0 Å². The number of benzene rings is 2. The molecule has 1 aliphatic carbocycles. The van der Waals surface area contributed by atoms with Gasteiger partial charge in [-0.1, -0.05) is 60.7 Å². The van der Waals surface area contributed by atoms with E-state index in [0.717, 1.165) is 24.0 Å². The van der Waals surface area contributed by atoms with E-state index in [1.807, 2.05) is 60.7 Å². The van der Waals surface area contributed by atoms with E-state index >= 15 is 0 Å². The van der Waals surface area contributed by atoms with E-state index in [0.29, 0.717) is 38.8 Å². The number of methoxy groups -OCH3 is 1. The van der Waals surface area contributed by atoms with Crippen molar-refractivity contribution in [3.05, 3.63) is 71.8 Å². The summed E-state index contributed by atoms with van der Waals surface area (Å²) in [5.74, 6) is -1.50. The van der Waals surface area contributed by atoms with E-state index in [4.69, 9.17) is 9.47 Å².